The molecule has 2 unspecified atom stereocenters. The number of fused-ring (bicyclic) bond motifs is 1. The largest absolute Gasteiger partial charge is 0.497 e. The van der Waals surface area contributed by atoms with Crippen LogP contribution in [0.3, 0.4) is 0 Å². The number of ether oxygens (including phenoxy) is 3. The molecule has 1 saturated heterocycles. The first-order valence-corrected chi connectivity index (χ1v) is 13.6. The molecule has 5 rings (SSSR count). The lowest BCUT2D eigenvalue weighted by molar-refractivity contribution is 0.0524. The van der Waals surface area contributed by atoms with E-state index in [9.17, 15) is 14.7 Å². The summed E-state index contributed by atoms with van der Waals surface area (Å²) in [5.74, 6) is -0.414. The molecule has 2 atom stereocenters. The maximum absolute atomic E-state index is 15.6. The Morgan fingerprint density at radius 1 is 1.12 bits per heavy atom. The Bertz CT molecular complexity index is 1640. The number of aliphatic hydroxyl groups excluding tert-OH is 1. The molecule has 0 aliphatic carbocycles. The van der Waals surface area contributed by atoms with Gasteiger partial charge in [0.25, 0.3) is 0 Å². The average Bonchev–Trinajstić information content (AvgIpc) is 3.37. The lowest BCUT2D eigenvalue weighted by Crippen LogP contribution is -2.38. The van der Waals surface area contributed by atoms with E-state index in [1.807, 2.05) is 30.3 Å². The SMILES string of the molecule is CCOC(=O)c1cn(Cc2ccc(OC)cc2OC)c2nc(N3CC(O)C(NCc4ccccc4)C3)c(F)cc2c1=O. The molecule has 0 amide bonds. The number of hydrogen-bond acceptors (Lipinski definition) is 9. The molecule has 1 aliphatic heterocycles. The van der Waals surface area contributed by atoms with Crippen LogP contribution in [-0.4, -0.2) is 66.7 Å². The van der Waals surface area contributed by atoms with Gasteiger partial charge < -0.3 is 34.1 Å². The highest BCUT2D eigenvalue weighted by Crippen LogP contribution is 2.28. The molecule has 2 aromatic carbocycles. The zero-order valence-electron chi connectivity index (χ0n) is 23.7. The Kier molecular flexibility index (Phi) is 8.69. The molecular weight excluding hydrogens is 543 g/mol. The summed E-state index contributed by atoms with van der Waals surface area (Å²) in [6, 6.07) is 15.9. The van der Waals surface area contributed by atoms with Crippen LogP contribution in [0, 0.1) is 5.82 Å². The molecule has 1 fully saturated rings. The Hall–Kier alpha value is -4.48. The number of halogens is 1. The number of carbonyl (C=O) groups excluding carboxylic acids is 1. The third-order valence-electron chi connectivity index (χ3n) is 7.31. The van der Waals surface area contributed by atoms with E-state index in [1.54, 1.807) is 41.7 Å². The zero-order valence-corrected chi connectivity index (χ0v) is 23.7. The molecule has 0 radical (unpaired) electrons. The van der Waals surface area contributed by atoms with Crippen molar-refractivity contribution in [1.29, 1.82) is 0 Å². The lowest BCUT2D eigenvalue weighted by Gasteiger charge is -2.20. The second kappa shape index (κ2) is 12.6. The summed E-state index contributed by atoms with van der Waals surface area (Å²) in [6.45, 7) is 2.87. The summed E-state index contributed by atoms with van der Waals surface area (Å²) in [4.78, 5) is 32.3. The minimum Gasteiger partial charge on any atom is -0.497 e. The molecular formula is C31H33FN4O6. The molecule has 2 aromatic heterocycles. The van der Waals surface area contributed by atoms with Crippen LogP contribution in [0.2, 0.25) is 0 Å². The first-order valence-electron chi connectivity index (χ1n) is 13.6. The fraction of sp³-hybridized carbons (Fsp3) is 0.323. The van der Waals surface area contributed by atoms with Gasteiger partial charge in [0.05, 0.1) is 44.9 Å². The van der Waals surface area contributed by atoms with Crippen molar-refractivity contribution in [2.75, 3.05) is 38.8 Å². The van der Waals surface area contributed by atoms with Crippen molar-refractivity contribution in [2.24, 2.45) is 0 Å². The normalized spacial score (nSPS) is 16.5. The van der Waals surface area contributed by atoms with Crippen LogP contribution in [-0.2, 0) is 17.8 Å². The fourth-order valence-electron chi connectivity index (χ4n) is 5.14. The Morgan fingerprint density at radius 3 is 2.62 bits per heavy atom. The van der Waals surface area contributed by atoms with E-state index < -0.39 is 23.3 Å². The maximum atomic E-state index is 15.6. The number of anilines is 1. The van der Waals surface area contributed by atoms with Gasteiger partial charge >= 0.3 is 5.97 Å². The van der Waals surface area contributed by atoms with Gasteiger partial charge in [-0.1, -0.05) is 30.3 Å². The molecule has 0 bridgehead atoms. The van der Waals surface area contributed by atoms with Gasteiger partial charge in [-0.15, -0.1) is 0 Å². The summed E-state index contributed by atoms with van der Waals surface area (Å²) in [5, 5.41) is 14.0. The van der Waals surface area contributed by atoms with E-state index in [2.05, 4.69) is 10.3 Å². The minimum absolute atomic E-state index is 0.00397. The van der Waals surface area contributed by atoms with E-state index in [1.165, 1.54) is 13.3 Å². The predicted molar refractivity (Wildman–Crippen MR) is 156 cm³/mol. The fourth-order valence-corrected chi connectivity index (χ4v) is 5.14. The maximum Gasteiger partial charge on any atom is 0.343 e. The van der Waals surface area contributed by atoms with E-state index in [0.29, 0.717) is 30.2 Å². The molecule has 1 aliphatic rings. The van der Waals surface area contributed by atoms with Gasteiger partial charge in [-0.2, -0.15) is 0 Å². The van der Waals surface area contributed by atoms with Crippen LogP contribution < -0.4 is 25.1 Å². The van der Waals surface area contributed by atoms with Crippen molar-refractivity contribution >= 4 is 22.8 Å². The quantitative estimate of drug-likeness (QED) is 0.275. The average molecular weight is 577 g/mol. The number of rotatable bonds is 10. The molecule has 0 spiro atoms. The third kappa shape index (κ3) is 5.93. The lowest BCUT2D eigenvalue weighted by atomic mass is 10.1. The van der Waals surface area contributed by atoms with Crippen molar-refractivity contribution in [3.63, 3.8) is 0 Å². The minimum atomic E-state index is -0.806. The van der Waals surface area contributed by atoms with Gasteiger partial charge in [-0.25, -0.2) is 14.2 Å². The smallest absolute Gasteiger partial charge is 0.343 e. The van der Waals surface area contributed by atoms with Crippen LogP contribution in [0.5, 0.6) is 11.5 Å². The molecule has 42 heavy (non-hydrogen) atoms. The number of hydrogen-bond donors (Lipinski definition) is 2. The molecule has 4 aromatic rings. The third-order valence-corrected chi connectivity index (χ3v) is 7.31. The van der Waals surface area contributed by atoms with Crippen LogP contribution in [0.15, 0.2) is 65.6 Å². The van der Waals surface area contributed by atoms with Crippen molar-refractivity contribution in [3.05, 3.63) is 93.5 Å². The van der Waals surface area contributed by atoms with E-state index in [-0.39, 0.29) is 48.2 Å². The molecule has 2 N–H and O–H groups in total. The second-order valence-corrected chi connectivity index (χ2v) is 10.0. The number of methoxy groups -OCH3 is 2. The number of nitrogens with one attached hydrogen (secondary N) is 1. The number of aliphatic hydroxyl groups is 1. The van der Waals surface area contributed by atoms with E-state index in [4.69, 9.17) is 14.2 Å². The van der Waals surface area contributed by atoms with Crippen LogP contribution >= 0.6 is 0 Å². The van der Waals surface area contributed by atoms with Gasteiger partial charge in [0.1, 0.15) is 22.7 Å². The summed E-state index contributed by atoms with van der Waals surface area (Å²) in [5.41, 5.74) is 1.05. The Morgan fingerprint density at radius 2 is 1.90 bits per heavy atom. The number of pyridine rings is 2. The topological polar surface area (TPSA) is 115 Å². The summed E-state index contributed by atoms with van der Waals surface area (Å²) in [6.07, 6.45) is 0.618. The zero-order chi connectivity index (χ0) is 29.8. The van der Waals surface area contributed by atoms with Gasteiger partial charge in [0.2, 0.25) is 5.43 Å². The first kappa shape index (κ1) is 29.0. The Labute approximate surface area is 242 Å². The van der Waals surface area contributed by atoms with Crippen molar-refractivity contribution in [2.45, 2.75) is 32.2 Å². The highest BCUT2D eigenvalue weighted by molar-refractivity contribution is 5.93. The van der Waals surface area contributed by atoms with Gasteiger partial charge in [-0.3, -0.25) is 4.79 Å². The van der Waals surface area contributed by atoms with Crippen LogP contribution in [0.25, 0.3) is 11.0 Å². The summed E-state index contributed by atoms with van der Waals surface area (Å²) in [7, 11) is 3.07. The molecule has 11 heteroatoms. The number of nitrogens with zero attached hydrogens (tertiary/aromatic N) is 3. The summed E-state index contributed by atoms with van der Waals surface area (Å²) < 4.78 is 33.1. The molecule has 3 heterocycles. The number of aromatic nitrogens is 2. The number of β-amino-alcohol motifs (C(OH)–C–C–N with tert-alkyl or cyclic N) is 1. The van der Waals surface area contributed by atoms with Gasteiger partial charge in [-0.05, 0) is 30.7 Å². The first-order chi connectivity index (χ1) is 20.3. The second-order valence-electron chi connectivity index (χ2n) is 10.0. The van der Waals surface area contributed by atoms with E-state index in [0.717, 1.165) is 11.6 Å². The van der Waals surface area contributed by atoms with Crippen LogP contribution in [0.4, 0.5) is 10.2 Å². The number of benzene rings is 2. The van der Waals surface area contributed by atoms with Crippen LogP contribution in [0.1, 0.15) is 28.4 Å². The molecule has 10 nitrogen and oxygen atoms in total. The number of carbonyl (C=O) groups is 1. The number of esters is 1. The van der Waals surface area contributed by atoms with Crippen molar-refractivity contribution < 1.29 is 28.5 Å². The monoisotopic (exact) mass is 576 g/mol. The summed E-state index contributed by atoms with van der Waals surface area (Å²) >= 11 is 0. The highest BCUT2D eigenvalue weighted by Gasteiger charge is 2.33. The molecule has 0 saturated carbocycles. The predicted octanol–water partition coefficient (Wildman–Crippen LogP) is 3.12. The van der Waals surface area contributed by atoms with Gasteiger partial charge in [0, 0.05) is 37.5 Å². The Balaban J connectivity index is 1.54. The van der Waals surface area contributed by atoms with E-state index >= 15 is 4.39 Å². The van der Waals surface area contributed by atoms with Gasteiger partial charge in [0.15, 0.2) is 11.6 Å². The molecule has 220 valence electrons. The van der Waals surface area contributed by atoms with Crippen molar-refractivity contribution in [3.8, 4) is 11.5 Å². The standard InChI is InChI=1S/C31H33FN4O6/c1-4-42-31(39)23-16-35(15-20-10-11-21(40-2)12-27(20)41-3)29-22(28(23)38)13-24(32)30(34-29)36-17-25(26(37)18-36)33-14-19-8-6-5-7-9-19/h5-13,16,25-26,33,37H,4,14-15,17-18H2,1-3H3. The van der Waals surface area contributed by atoms with Crippen molar-refractivity contribution in [1.82, 2.24) is 14.9 Å². The highest BCUT2D eigenvalue weighted by atomic mass is 19.1.